The third-order valence-corrected chi connectivity index (χ3v) is 4.44. The normalized spacial score (nSPS) is 23.4. The molecule has 3 N–H and O–H groups in total. The fourth-order valence-electron chi connectivity index (χ4n) is 3.06. The van der Waals surface area contributed by atoms with Crippen molar-refractivity contribution in [2.75, 3.05) is 24.5 Å². The van der Waals surface area contributed by atoms with Crippen molar-refractivity contribution in [2.45, 2.75) is 31.8 Å². The molecule has 0 aromatic heterocycles. The van der Waals surface area contributed by atoms with Gasteiger partial charge in [0.25, 0.3) is 5.91 Å². The zero-order valence-electron chi connectivity index (χ0n) is 13.5. The number of rotatable bonds is 3. The lowest BCUT2D eigenvalue weighted by Gasteiger charge is -2.30. The van der Waals surface area contributed by atoms with Gasteiger partial charge in [-0.25, -0.2) is 9.18 Å². The van der Waals surface area contributed by atoms with Crippen LogP contribution < -0.4 is 20.9 Å². The van der Waals surface area contributed by atoms with Crippen LogP contribution in [0.25, 0.3) is 0 Å². The van der Waals surface area contributed by atoms with Crippen molar-refractivity contribution in [2.24, 2.45) is 0 Å². The minimum absolute atomic E-state index is 0. The van der Waals surface area contributed by atoms with Gasteiger partial charge in [0.2, 0.25) is 0 Å². The van der Waals surface area contributed by atoms with Crippen LogP contribution in [0.15, 0.2) is 18.2 Å². The molecule has 8 heteroatoms. The molecule has 2 atom stereocenters. The summed E-state index contributed by atoms with van der Waals surface area (Å²) in [6, 6.07) is 4.10. The molecule has 2 heterocycles. The SMILES string of the molecule is CC1NCCCC1NC(=O)c1cc(N2CCNC2=O)ccc1F.Cl. The number of piperidine rings is 1. The molecule has 0 saturated carbocycles. The van der Waals surface area contributed by atoms with Crippen LogP contribution in [-0.4, -0.2) is 43.7 Å². The van der Waals surface area contributed by atoms with E-state index in [0.29, 0.717) is 18.8 Å². The number of carbonyl (C=O) groups excluding carboxylic acids is 2. The Labute approximate surface area is 146 Å². The van der Waals surface area contributed by atoms with Crippen LogP contribution >= 0.6 is 12.4 Å². The second kappa shape index (κ2) is 7.81. The Bertz CT molecular complexity index is 628. The predicted molar refractivity (Wildman–Crippen MR) is 92.3 cm³/mol. The van der Waals surface area contributed by atoms with Gasteiger partial charge in [0.15, 0.2) is 0 Å². The first-order valence-corrected chi connectivity index (χ1v) is 7.95. The van der Waals surface area contributed by atoms with Crippen LogP contribution in [-0.2, 0) is 0 Å². The van der Waals surface area contributed by atoms with Crippen LogP contribution in [0.4, 0.5) is 14.9 Å². The Morgan fingerprint density at radius 2 is 2.17 bits per heavy atom. The standard InChI is InChI=1S/C16H21FN4O2.ClH/c1-10-14(3-2-6-18-10)20-15(22)12-9-11(4-5-13(12)17)21-8-7-19-16(21)23;/h4-5,9-10,14,18H,2-3,6-8H2,1H3,(H,19,23)(H,20,22);1H. The predicted octanol–water partition coefficient (Wildman–Crippen LogP) is 1.65. The maximum atomic E-state index is 14.1. The summed E-state index contributed by atoms with van der Waals surface area (Å²) in [4.78, 5) is 25.6. The molecule has 3 amide bonds. The van der Waals surface area contributed by atoms with Gasteiger partial charge < -0.3 is 16.0 Å². The van der Waals surface area contributed by atoms with E-state index in [-0.39, 0.29) is 36.1 Å². The van der Waals surface area contributed by atoms with Gasteiger partial charge in [0, 0.05) is 30.9 Å². The lowest BCUT2D eigenvalue weighted by molar-refractivity contribution is 0.0915. The number of nitrogens with one attached hydrogen (secondary N) is 3. The lowest BCUT2D eigenvalue weighted by atomic mass is 9.99. The fraction of sp³-hybridized carbons (Fsp3) is 0.500. The molecule has 24 heavy (non-hydrogen) atoms. The number of halogens is 2. The Balaban J connectivity index is 0.00000208. The van der Waals surface area contributed by atoms with Gasteiger partial charge in [-0.1, -0.05) is 0 Å². The summed E-state index contributed by atoms with van der Waals surface area (Å²) in [6.07, 6.45) is 1.85. The van der Waals surface area contributed by atoms with E-state index >= 15 is 0 Å². The molecule has 2 fully saturated rings. The molecule has 2 aliphatic heterocycles. The molecule has 3 rings (SSSR count). The second-order valence-electron chi connectivity index (χ2n) is 6.01. The van der Waals surface area contributed by atoms with Gasteiger partial charge in [0.05, 0.1) is 5.56 Å². The molecule has 2 saturated heterocycles. The number of hydrogen-bond donors (Lipinski definition) is 3. The van der Waals surface area contributed by atoms with Crippen molar-refractivity contribution in [3.05, 3.63) is 29.6 Å². The van der Waals surface area contributed by atoms with Crippen LogP contribution in [0.2, 0.25) is 0 Å². The Morgan fingerprint density at radius 3 is 2.83 bits per heavy atom. The van der Waals surface area contributed by atoms with E-state index in [9.17, 15) is 14.0 Å². The highest BCUT2D eigenvalue weighted by Crippen LogP contribution is 2.21. The van der Waals surface area contributed by atoms with Gasteiger partial charge >= 0.3 is 6.03 Å². The smallest absolute Gasteiger partial charge is 0.321 e. The molecular formula is C16H22ClFN4O2. The summed E-state index contributed by atoms with van der Waals surface area (Å²) in [5.74, 6) is -1.02. The molecule has 2 unspecified atom stereocenters. The monoisotopic (exact) mass is 356 g/mol. The first-order chi connectivity index (χ1) is 11.1. The van der Waals surface area contributed by atoms with Crippen molar-refractivity contribution in [3.8, 4) is 0 Å². The first kappa shape index (κ1) is 18.5. The molecule has 6 nitrogen and oxygen atoms in total. The highest BCUT2D eigenvalue weighted by atomic mass is 35.5. The van der Waals surface area contributed by atoms with Crippen molar-refractivity contribution in [3.63, 3.8) is 0 Å². The van der Waals surface area contributed by atoms with E-state index < -0.39 is 11.7 Å². The maximum absolute atomic E-state index is 14.1. The topological polar surface area (TPSA) is 73.5 Å². The minimum Gasteiger partial charge on any atom is -0.348 e. The molecule has 1 aromatic rings. The van der Waals surface area contributed by atoms with Gasteiger partial charge in [-0.2, -0.15) is 0 Å². The summed E-state index contributed by atoms with van der Waals surface area (Å²) in [5.41, 5.74) is 0.501. The van der Waals surface area contributed by atoms with Crippen LogP contribution in [0, 0.1) is 5.82 Å². The molecular weight excluding hydrogens is 335 g/mol. The highest BCUT2D eigenvalue weighted by Gasteiger charge is 2.26. The van der Waals surface area contributed by atoms with Crippen LogP contribution in [0.3, 0.4) is 0 Å². The number of urea groups is 1. The summed E-state index contributed by atoms with van der Waals surface area (Å²) >= 11 is 0. The van der Waals surface area contributed by atoms with Gasteiger partial charge in [-0.05, 0) is 44.5 Å². The summed E-state index contributed by atoms with van der Waals surface area (Å²) in [5, 5.41) is 8.88. The summed E-state index contributed by atoms with van der Waals surface area (Å²) in [6.45, 7) is 3.99. The number of amides is 3. The number of carbonyl (C=O) groups is 2. The lowest BCUT2D eigenvalue weighted by Crippen LogP contribution is -2.52. The Hall–Kier alpha value is -1.86. The fourth-order valence-corrected chi connectivity index (χ4v) is 3.06. The van der Waals surface area contributed by atoms with Crippen molar-refractivity contribution < 1.29 is 14.0 Å². The van der Waals surface area contributed by atoms with E-state index in [1.165, 1.54) is 23.1 Å². The summed E-state index contributed by atoms with van der Waals surface area (Å²) in [7, 11) is 0. The van der Waals surface area contributed by atoms with Crippen LogP contribution in [0.1, 0.15) is 30.1 Å². The minimum atomic E-state index is -0.581. The van der Waals surface area contributed by atoms with E-state index in [2.05, 4.69) is 16.0 Å². The average molecular weight is 357 g/mol. The Morgan fingerprint density at radius 1 is 1.38 bits per heavy atom. The largest absolute Gasteiger partial charge is 0.348 e. The van der Waals surface area contributed by atoms with E-state index in [1.807, 2.05) is 6.92 Å². The number of benzene rings is 1. The molecule has 0 bridgehead atoms. The number of anilines is 1. The van der Waals surface area contributed by atoms with Crippen LogP contribution in [0.5, 0.6) is 0 Å². The molecule has 0 aliphatic carbocycles. The third-order valence-electron chi connectivity index (χ3n) is 4.44. The molecule has 2 aliphatic rings. The van der Waals surface area contributed by atoms with E-state index in [0.717, 1.165) is 19.4 Å². The molecule has 0 spiro atoms. The molecule has 132 valence electrons. The highest BCUT2D eigenvalue weighted by molar-refractivity contribution is 5.98. The van der Waals surface area contributed by atoms with E-state index in [4.69, 9.17) is 0 Å². The van der Waals surface area contributed by atoms with Crippen molar-refractivity contribution >= 4 is 30.0 Å². The molecule has 0 radical (unpaired) electrons. The second-order valence-corrected chi connectivity index (χ2v) is 6.01. The van der Waals surface area contributed by atoms with Crippen molar-refractivity contribution in [1.29, 1.82) is 0 Å². The third kappa shape index (κ3) is 3.79. The van der Waals surface area contributed by atoms with Gasteiger partial charge in [-0.3, -0.25) is 9.69 Å². The van der Waals surface area contributed by atoms with Gasteiger partial charge in [0.1, 0.15) is 5.82 Å². The quantitative estimate of drug-likeness (QED) is 0.771. The average Bonchev–Trinajstić information content (AvgIpc) is 2.96. The zero-order valence-corrected chi connectivity index (χ0v) is 14.3. The zero-order chi connectivity index (χ0) is 16.4. The summed E-state index contributed by atoms with van der Waals surface area (Å²) < 4.78 is 14.1. The molecule has 1 aromatic carbocycles. The number of hydrogen-bond acceptors (Lipinski definition) is 3. The Kier molecular flexibility index (Phi) is 6.01. The van der Waals surface area contributed by atoms with E-state index in [1.54, 1.807) is 0 Å². The van der Waals surface area contributed by atoms with Crippen molar-refractivity contribution in [1.82, 2.24) is 16.0 Å². The number of nitrogens with zero attached hydrogens (tertiary/aromatic N) is 1. The first-order valence-electron chi connectivity index (χ1n) is 7.95. The maximum Gasteiger partial charge on any atom is 0.321 e. The van der Waals surface area contributed by atoms with Gasteiger partial charge in [-0.15, -0.1) is 12.4 Å².